The van der Waals surface area contributed by atoms with E-state index in [0.717, 1.165) is 10.7 Å². The van der Waals surface area contributed by atoms with Gasteiger partial charge in [-0.1, -0.05) is 11.1 Å². The van der Waals surface area contributed by atoms with Gasteiger partial charge in [-0.05, 0) is 18.2 Å². The molecular formula is C10H6F4IrN3S-. The predicted octanol–water partition coefficient (Wildman–Crippen LogP) is 2.66. The van der Waals surface area contributed by atoms with Crippen molar-refractivity contribution in [1.29, 1.82) is 0 Å². The van der Waals surface area contributed by atoms with E-state index in [-0.39, 0.29) is 36.6 Å². The molecule has 105 valence electrons. The van der Waals surface area contributed by atoms with Crippen LogP contribution in [0, 0.1) is 0 Å². The smallest absolute Gasteiger partial charge is 0.435 e. The van der Waals surface area contributed by atoms with Crippen molar-refractivity contribution < 1.29 is 37.7 Å². The number of nitrogens with zero attached hydrogens (tertiary/aromatic N) is 3. The second-order valence-corrected chi connectivity index (χ2v) is 3.82. The molecule has 0 spiro atoms. The van der Waals surface area contributed by atoms with E-state index < -0.39 is 18.5 Å². The molecule has 0 bridgehead atoms. The molecule has 0 aliphatic carbocycles. The van der Waals surface area contributed by atoms with Gasteiger partial charge in [0.25, 0.3) is 0 Å². The number of hydrogen-bond donors (Lipinski definition) is 0. The van der Waals surface area contributed by atoms with Crippen LogP contribution in [-0.2, 0) is 45.6 Å². The molecule has 0 aromatic carbocycles. The van der Waals surface area contributed by atoms with Crippen LogP contribution < -0.4 is 0 Å². The van der Waals surface area contributed by atoms with Gasteiger partial charge in [-0.3, -0.25) is 0 Å². The molecule has 1 radical (unpaired) electrons. The van der Waals surface area contributed by atoms with Gasteiger partial charge < -0.3 is 12.6 Å². The summed E-state index contributed by atoms with van der Waals surface area (Å²) < 4.78 is 50.6. The first-order chi connectivity index (χ1) is 8.41. The van der Waals surface area contributed by atoms with Crippen LogP contribution in [0.15, 0.2) is 29.3 Å². The minimum Gasteiger partial charge on any atom is -0.760 e. The summed E-state index contributed by atoms with van der Waals surface area (Å²) in [6.45, 7) is -0.812. The van der Waals surface area contributed by atoms with Gasteiger partial charge in [0.1, 0.15) is 6.67 Å². The van der Waals surface area contributed by atoms with E-state index in [9.17, 15) is 17.6 Å². The maximum Gasteiger partial charge on any atom is 0.435 e. The summed E-state index contributed by atoms with van der Waals surface area (Å²) in [5, 5.41) is 3.20. The van der Waals surface area contributed by atoms with Gasteiger partial charge in [-0.15, -0.1) is 0 Å². The largest absolute Gasteiger partial charge is 0.760 e. The van der Waals surface area contributed by atoms with Crippen molar-refractivity contribution in [3.63, 3.8) is 0 Å². The Morgan fingerprint density at radius 2 is 1.95 bits per heavy atom. The maximum atomic E-state index is 12.4. The van der Waals surface area contributed by atoms with Crippen molar-refractivity contribution in [2.75, 3.05) is 0 Å². The van der Waals surface area contributed by atoms with Crippen LogP contribution in [0.1, 0.15) is 11.4 Å². The molecule has 0 saturated heterocycles. The molecule has 2 heterocycles. The van der Waals surface area contributed by atoms with E-state index in [1.54, 1.807) is 0 Å². The molecular weight excluding hydrogens is 462 g/mol. The van der Waals surface area contributed by atoms with Crippen molar-refractivity contribution in [3.05, 3.63) is 35.7 Å². The Labute approximate surface area is 124 Å². The third-order valence-corrected chi connectivity index (χ3v) is 2.40. The van der Waals surface area contributed by atoms with Gasteiger partial charge in [0.2, 0.25) is 0 Å². The normalized spacial score (nSPS) is 11.2. The topological polar surface area (TPSA) is 30.7 Å². The number of alkyl halides is 4. The van der Waals surface area contributed by atoms with E-state index in [4.69, 9.17) is 12.6 Å². The average molecular weight is 468 g/mol. The summed E-state index contributed by atoms with van der Waals surface area (Å²) in [4.78, 5) is 3.81. The molecule has 0 amide bonds. The van der Waals surface area contributed by atoms with Crippen LogP contribution in [0.3, 0.4) is 0 Å². The molecule has 0 atom stereocenters. The van der Waals surface area contributed by atoms with Gasteiger partial charge in [0, 0.05) is 20.1 Å². The van der Waals surface area contributed by atoms with Gasteiger partial charge in [-0.25, -0.2) is 14.1 Å². The molecule has 2 rings (SSSR count). The molecule has 9 heteroatoms. The first-order valence-corrected chi connectivity index (χ1v) is 5.19. The monoisotopic (exact) mass is 469 g/mol. The first-order valence-electron chi connectivity index (χ1n) is 4.78. The Morgan fingerprint density at radius 3 is 2.47 bits per heavy atom. The fourth-order valence-electron chi connectivity index (χ4n) is 1.33. The van der Waals surface area contributed by atoms with E-state index >= 15 is 0 Å². The molecule has 0 saturated carbocycles. The van der Waals surface area contributed by atoms with Gasteiger partial charge in [-0.2, -0.15) is 18.3 Å². The van der Waals surface area contributed by atoms with E-state index in [1.807, 2.05) is 0 Å². The molecule has 0 N–H and O–H groups in total. The van der Waals surface area contributed by atoms with Crippen LogP contribution >= 0.6 is 0 Å². The molecule has 0 fully saturated rings. The van der Waals surface area contributed by atoms with Crippen molar-refractivity contribution in [3.8, 4) is 5.82 Å². The number of aromatic nitrogens is 3. The minimum atomic E-state index is -4.57. The average Bonchev–Trinajstić information content (AvgIpc) is 2.71. The summed E-state index contributed by atoms with van der Waals surface area (Å²) in [7, 11) is 0. The van der Waals surface area contributed by atoms with E-state index in [2.05, 4.69) is 10.1 Å². The SMILES string of the molecule is FCc1cccc(-n2nc(C(F)(F)F)cc2[S-])n1.[Ir]. The fourth-order valence-corrected chi connectivity index (χ4v) is 1.57. The van der Waals surface area contributed by atoms with Crippen molar-refractivity contribution >= 4 is 12.6 Å². The molecule has 0 aliphatic rings. The molecule has 0 aliphatic heterocycles. The van der Waals surface area contributed by atoms with Crippen LogP contribution in [0.25, 0.3) is 5.82 Å². The molecule has 2 aromatic rings. The van der Waals surface area contributed by atoms with Crippen molar-refractivity contribution in [2.45, 2.75) is 17.9 Å². The van der Waals surface area contributed by atoms with Crippen LogP contribution in [0.4, 0.5) is 17.6 Å². The molecule has 0 unspecified atom stereocenters. The van der Waals surface area contributed by atoms with Crippen LogP contribution in [0.5, 0.6) is 0 Å². The standard InChI is InChI=1S/C10H7F4N3S.Ir/c11-5-6-2-1-3-8(15-6)17-9(18)4-7(16-17)10(12,13)14;/h1-4,18H,5H2;/p-1. The number of pyridine rings is 1. The number of halogens is 4. The quantitative estimate of drug-likeness (QED) is 0.502. The van der Waals surface area contributed by atoms with E-state index in [1.165, 1.54) is 18.2 Å². The summed E-state index contributed by atoms with van der Waals surface area (Å²) in [5.41, 5.74) is -0.995. The summed E-state index contributed by atoms with van der Waals surface area (Å²) in [5.74, 6) is 0.0608. The summed E-state index contributed by atoms with van der Waals surface area (Å²) >= 11 is 4.77. The van der Waals surface area contributed by atoms with Gasteiger partial charge >= 0.3 is 6.18 Å². The predicted molar refractivity (Wildman–Crippen MR) is 56.8 cm³/mol. The Morgan fingerprint density at radius 1 is 1.26 bits per heavy atom. The molecule has 19 heavy (non-hydrogen) atoms. The molecule has 3 nitrogen and oxygen atoms in total. The Hall–Kier alpha value is -1.05. The maximum absolute atomic E-state index is 12.4. The van der Waals surface area contributed by atoms with Crippen LogP contribution in [0.2, 0.25) is 0 Å². The van der Waals surface area contributed by atoms with Crippen molar-refractivity contribution in [1.82, 2.24) is 14.8 Å². The second-order valence-electron chi connectivity index (χ2n) is 3.40. The fraction of sp³-hybridized carbons (Fsp3) is 0.200. The minimum absolute atomic E-state index is 0. The Kier molecular flexibility index (Phi) is 5.00. The zero-order valence-corrected chi connectivity index (χ0v) is 12.3. The third kappa shape index (κ3) is 3.49. The zero-order valence-electron chi connectivity index (χ0n) is 9.11. The molecule has 2 aromatic heterocycles. The zero-order chi connectivity index (χ0) is 13.3. The van der Waals surface area contributed by atoms with Gasteiger partial charge in [0.15, 0.2) is 11.5 Å². The first kappa shape index (κ1) is 16.0. The number of rotatable bonds is 2. The van der Waals surface area contributed by atoms with Crippen LogP contribution in [-0.4, -0.2) is 14.8 Å². The second kappa shape index (κ2) is 5.94. The van der Waals surface area contributed by atoms with E-state index in [0.29, 0.717) is 0 Å². The Balaban J connectivity index is 0.00000180. The summed E-state index contributed by atoms with van der Waals surface area (Å²) in [6.07, 6.45) is -4.57. The summed E-state index contributed by atoms with van der Waals surface area (Å²) in [6, 6.07) is 5.03. The Bertz CT molecular complexity index is 570. The third-order valence-electron chi connectivity index (χ3n) is 2.11. The number of hydrogen-bond acceptors (Lipinski definition) is 3. The van der Waals surface area contributed by atoms with Crippen molar-refractivity contribution in [2.24, 2.45) is 0 Å². The van der Waals surface area contributed by atoms with Gasteiger partial charge in [0.05, 0.1) is 5.69 Å².